The van der Waals surface area contributed by atoms with Gasteiger partial charge in [0.05, 0.1) is 0 Å². The number of Topliss-reactive ketones (excluding diaryl/α,β-unsaturated/α-hetero) is 1. The molecule has 0 heterocycles. The summed E-state index contributed by atoms with van der Waals surface area (Å²) in [6.45, 7) is 3.97. The van der Waals surface area contributed by atoms with Gasteiger partial charge in [0, 0.05) is 17.9 Å². The molecule has 0 bridgehead atoms. The van der Waals surface area contributed by atoms with E-state index in [0.29, 0.717) is 6.42 Å². The van der Waals surface area contributed by atoms with Crippen LogP contribution in [-0.4, -0.2) is 5.78 Å². The Balaban J connectivity index is 2.28. The molecule has 1 nitrogen and oxygen atoms in total. The molecule has 0 aliphatic heterocycles. The first-order valence-corrected chi connectivity index (χ1v) is 5.62. The van der Waals surface area contributed by atoms with Crippen molar-refractivity contribution in [3.8, 4) is 0 Å². The molecule has 0 fully saturated rings. The molecule has 16 heavy (non-hydrogen) atoms. The Morgan fingerprint density at radius 3 is 2.44 bits per heavy atom. The van der Waals surface area contributed by atoms with E-state index in [-0.39, 0.29) is 11.7 Å². The largest absolute Gasteiger partial charge is 0.294 e. The smallest absolute Gasteiger partial charge is 0.163 e. The molecule has 1 aliphatic carbocycles. The van der Waals surface area contributed by atoms with E-state index in [1.807, 2.05) is 38.1 Å². The summed E-state index contributed by atoms with van der Waals surface area (Å²) in [5.74, 6) is 0.508. The zero-order valence-corrected chi connectivity index (χ0v) is 9.73. The quantitative estimate of drug-likeness (QED) is 0.649. The molecular formula is C15H16O. The van der Waals surface area contributed by atoms with Crippen LogP contribution in [0.2, 0.25) is 0 Å². The molecule has 1 heteroatoms. The van der Waals surface area contributed by atoms with Gasteiger partial charge in [0.15, 0.2) is 5.78 Å². The van der Waals surface area contributed by atoms with Crippen molar-refractivity contribution in [3.05, 3.63) is 59.2 Å². The number of hydrogen-bond acceptors (Lipinski definition) is 1. The predicted octanol–water partition coefficient (Wildman–Crippen LogP) is 3.64. The van der Waals surface area contributed by atoms with Gasteiger partial charge >= 0.3 is 0 Å². The summed E-state index contributed by atoms with van der Waals surface area (Å²) < 4.78 is 0. The molecule has 0 saturated heterocycles. The van der Waals surface area contributed by atoms with Gasteiger partial charge in [-0.3, -0.25) is 4.79 Å². The first-order chi connectivity index (χ1) is 7.68. The third-order valence-corrected chi connectivity index (χ3v) is 2.97. The second-order valence-corrected chi connectivity index (χ2v) is 4.42. The van der Waals surface area contributed by atoms with Crippen LogP contribution < -0.4 is 0 Å². The molecule has 0 spiro atoms. The Hall–Kier alpha value is -1.63. The van der Waals surface area contributed by atoms with Crippen molar-refractivity contribution in [1.82, 2.24) is 0 Å². The van der Waals surface area contributed by atoms with Crippen molar-refractivity contribution < 1.29 is 4.79 Å². The van der Waals surface area contributed by atoms with Crippen molar-refractivity contribution in [2.75, 3.05) is 0 Å². The molecule has 1 atom stereocenters. The highest BCUT2D eigenvalue weighted by atomic mass is 16.1. The van der Waals surface area contributed by atoms with Crippen LogP contribution in [0.25, 0.3) is 0 Å². The molecule has 1 aliphatic rings. The fraction of sp³-hybridized carbons (Fsp3) is 0.267. The Morgan fingerprint density at radius 1 is 1.19 bits per heavy atom. The molecule has 1 aromatic carbocycles. The summed E-state index contributed by atoms with van der Waals surface area (Å²) in [6.07, 6.45) is 4.71. The van der Waals surface area contributed by atoms with Crippen molar-refractivity contribution >= 4 is 5.78 Å². The molecule has 2 rings (SSSR count). The van der Waals surface area contributed by atoms with Gasteiger partial charge in [-0.15, -0.1) is 0 Å². The summed E-state index contributed by atoms with van der Waals surface area (Å²) in [7, 11) is 0. The maximum atomic E-state index is 11.9. The summed E-state index contributed by atoms with van der Waals surface area (Å²) in [5.41, 5.74) is 3.21. The van der Waals surface area contributed by atoms with Crippen LogP contribution in [0.1, 0.15) is 31.7 Å². The van der Waals surface area contributed by atoms with Crippen LogP contribution >= 0.6 is 0 Å². The van der Waals surface area contributed by atoms with Crippen LogP contribution in [-0.2, 0) is 4.79 Å². The molecule has 82 valence electrons. The van der Waals surface area contributed by atoms with E-state index in [2.05, 4.69) is 18.2 Å². The highest BCUT2D eigenvalue weighted by Crippen LogP contribution is 2.28. The second kappa shape index (κ2) is 4.48. The fourth-order valence-corrected chi connectivity index (χ4v) is 2.06. The van der Waals surface area contributed by atoms with Gasteiger partial charge in [0.1, 0.15) is 0 Å². The van der Waals surface area contributed by atoms with E-state index < -0.39 is 0 Å². The summed E-state index contributed by atoms with van der Waals surface area (Å²) in [5, 5.41) is 0. The molecule has 0 aromatic heterocycles. The second-order valence-electron chi connectivity index (χ2n) is 4.42. The van der Waals surface area contributed by atoms with Gasteiger partial charge < -0.3 is 0 Å². The van der Waals surface area contributed by atoms with Crippen molar-refractivity contribution in [2.45, 2.75) is 26.2 Å². The number of benzene rings is 1. The van der Waals surface area contributed by atoms with Crippen LogP contribution in [0.4, 0.5) is 0 Å². The normalized spacial score (nSPS) is 20.0. The number of allylic oxidation sites excluding steroid dienone is 4. The van der Waals surface area contributed by atoms with E-state index >= 15 is 0 Å². The predicted molar refractivity (Wildman–Crippen MR) is 66.3 cm³/mol. The maximum absolute atomic E-state index is 11.9. The lowest BCUT2D eigenvalue weighted by Crippen LogP contribution is -2.12. The molecule has 0 saturated carbocycles. The summed E-state index contributed by atoms with van der Waals surface area (Å²) in [4.78, 5) is 11.9. The van der Waals surface area contributed by atoms with E-state index in [0.717, 1.165) is 11.1 Å². The highest BCUT2D eigenvalue weighted by Gasteiger charge is 2.20. The number of carbonyl (C=O) groups is 1. The number of hydrogen-bond donors (Lipinski definition) is 0. The minimum absolute atomic E-state index is 0.247. The number of rotatable bonds is 1. The molecule has 0 radical (unpaired) electrons. The highest BCUT2D eigenvalue weighted by molar-refractivity contribution is 6.00. The van der Waals surface area contributed by atoms with Gasteiger partial charge in [-0.05, 0) is 19.4 Å². The van der Waals surface area contributed by atoms with Gasteiger partial charge in [-0.25, -0.2) is 0 Å². The van der Waals surface area contributed by atoms with E-state index in [1.165, 1.54) is 5.56 Å². The van der Waals surface area contributed by atoms with Crippen molar-refractivity contribution in [2.24, 2.45) is 0 Å². The zero-order chi connectivity index (χ0) is 11.5. The molecule has 0 N–H and O–H groups in total. The average Bonchev–Trinajstić information content (AvgIpc) is 2.29. The van der Waals surface area contributed by atoms with Gasteiger partial charge in [0.2, 0.25) is 0 Å². The van der Waals surface area contributed by atoms with Crippen molar-refractivity contribution in [1.29, 1.82) is 0 Å². The fourth-order valence-electron chi connectivity index (χ4n) is 2.06. The van der Waals surface area contributed by atoms with Gasteiger partial charge in [0.25, 0.3) is 0 Å². The third kappa shape index (κ3) is 2.13. The van der Waals surface area contributed by atoms with Crippen LogP contribution in [0.3, 0.4) is 0 Å². The molecule has 1 aromatic rings. The SMILES string of the molecule is CC(C)=C1C=CC(c2ccccc2)CC1=O. The van der Waals surface area contributed by atoms with E-state index in [1.54, 1.807) is 0 Å². The molecule has 1 unspecified atom stereocenters. The standard InChI is InChI=1S/C15H16O/c1-11(2)14-9-8-13(10-15(14)16)12-6-4-3-5-7-12/h3-9,13H,10H2,1-2H3. The molecule has 0 amide bonds. The van der Waals surface area contributed by atoms with Crippen LogP contribution in [0.15, 0.2) is 53.6 Å². The third-order valence-electron chi connectivity index (χ3n) is 2.97. The zero-order valence-electron chi connectivity index (χ0n) is 9.73. The first kappa shape index (κ1) is 10.9. The van der Waals surface area contributed by atoms with Crippen molar-refractivity contribution in [3.63, 3.8) is 0 Å². The maximum Gasteiger partial charge on any atom is 0.163 e. The summed E-state index contributed by atoms with van der Waals surface area (Å²) >= 11 is 0. The first-order valence-electron chi connectivity index (χ1n) is 5.62. The van der Waals surface area contributed by atoms with E-state index in [9.17, 15) is 4.79 Å². The lowest BCUT2D eigenvalue weighted by Gasteiger charge is -2.18. The number of carbonyl (C=O) groups excluding carboxylic acids is 1. The lowest BCUT2D eigenvalue weighted by atomic mass is 9.85. The monoisotopic (exact) mass is 212 g/mol. The van der Waals surface area contributed by atoms with Gasteiger partial charge in [-0.1, -0.05) is 48.1 Å². The summed E-state index contributed by atoms with van der Waals surface area (Å²) in [6, 6.07) is 10.2. The van der Waals surface area contributed by atoms with Crippen LogP contribution in [0.5, 0.6) is 0 Å². The molecular weight excluding hydrogens is 196 g/mol. The topological polar surface area (TPSA) is 17.1 Å². The lowest BCUT2D eigenvalue weighted by molar-refractivity contribution is -0.115. The minimum atomic E-state index is 0.247. The average molecular weight is 212 g/mol. The van der Waals surface area contributed by atoms with E-state index in [4.69, 9.17) is 0 Å². The Kier molecular flexibility index (Phi) is 3.04. The van der Waals surface area contributed by atoms with Gasteiger partial charge in [-0.2, -0.15) is 0 Å². The Labute approximate surface area is 96.5 Å². The Bertz CT molecular complexity index is 448. The Morgan fingerprint density at radius 2 is 1.88 bits per heavy atom. The number of ketones is 1. The van der Waals surface area contributed by atoms with Crippen LogP contribution in [0, 0.1) is 0 Å². The minimum Gasteiger partial charge on any atom is -0.294 e.